The van der Waals surface area contributed by atoms with Gasteiger partial charge in [-0.2, -0.15) is 5.26 Å². The van der Waals surface area contributed by atoms with Gasteiger partial charge in [0.25, 0.3) is 0 Å². The maximum absolute atomic E-state index is 12.2. The summed E-state index contributed by atoms with van der Waals surface area (Å²) in [6.45, 7) is 0.0816. The number of thioether (sulfide) groups is 1. The van der Waals surface area contributed by atoms with Gasteiger partial charge in [-0.25, -0.2) is 0 Å². The molecule has 1 N–H and O–H groups in total. The third-order valence-corrected chi connectivity index (χ3v) is 5.86. The molecule has 0 heterocycles. The van der Waals surface area contributed by atoms with Crippen molar-refractivity contribution >= 4 is 40.9 Å². The Kier molecular flexibility index (Phi) is 6.88. The fraction of sp³-hybridized carbons (Fsp3) is 0.500. The third-order valence-electron chi connectivity index (χ3n) is 3.93. The minimum atomic E-state index is 0.000626. The summed E-state index contributed by atoms with van der Waals surface area (Å²) in [5, 5.41) is 12.6. The van der Waals surface area contributed by atoms with E-state index in [0.29, 0.717) is 16.0 Å². The van der Waals surface area contributed by atoms with Crippen molar-refractivity contribution in [3.8, 4) is 6.07 Å². The molecule has 0 radical (unpaired) electrons. The number of benzene rings is 1. The van der Waals surface area contributed by atoms with Gasteiger partial charge in [0.1, 0.15) is 6.54 Å². The van der Waals surface area contributed by atoms with E-state index in [-0.39, 0.29) is 18.4 Å². The van der Waals surface area contributed by atoms with Gasteiger partial charge in [0.2, 0.25) is 5.91 Å². The molecular weight excluding hydrogens is 339 g/mol. The van der Waals surface area contributed by atoms with Crippen LogP contribution in [-0.2, 0) is 4.79 Å². The van der Waals surface area contributed by atoms with Crippen molar-refractivity contribution in [3.05, 3.63) is 28.2 Å². The van der Waals surface area contributed by atoms with Crippen molar-refractivity contribution in [2.75, 3.05) is 12.3 Å². The fourth-order valence-electron chi connectivity index (χ4n) is 2.80. The van der Waals surface area contributed by atoms with E-state index in [1.807, 2.05) is 18.2 Å². The molecule has 118 valence electrons. The average Bonchev–Trinajstić information content (AvgIpc) is 2.52. The van der Waals surface area contributed by atoms with Crippen molar-refractivity contribution in [1.29, 1.82) is 5.26 Å². The number of amides is 1. The second kappa shape index (κ2) is 8.67. The van der Waals surface area contributed by atoms with Crippen molar-refractivity contribution in [2.45, 2.75) is 30.6 Å². The van der Waals surface area contributed by atoms with Crippen molar-refractivity contribution < 1.29 is 4.79 Å². The maximum Gasteiger partial charge on any atom is 0.224 e. The first-order chi connectivity index (χ1) is 10.6. The summed E-state index contributed by atoms with van der Waals surface area (Å²) < 4.78 is 0. The zero-order chi connectivity index (χ0) is 15.9. The van der Waals surface area contributed by atoms with Gasteiger partial charge < -0.3 is 5.32 Å². The highest BCUT2D eigenvalue weighted by Crippen LogP contribution is 2.37. The second-order valence-electron chi connectivity index (χ2n) is 5.41. The van der Waals surface area contributed by atoms with E-state index in [1.165, 1.54) is 0 Å². The number of hydrogen-bond acceptors (Lipinski definition) is 3. The molecule has 1 amide bonds. The summed E-state index contributed by atoms with van der Waals surface area (Å²) in [5.41, 5.74) is 0. The lowest BCUT2D eigenvalue weighted by atomic mass is 9.80. The van der Waals surface area contributed by atoms with Crippen LogP contribution in [0.2, 0.25) is 10.0 Å². The highest BCUT2D eigenvalue weighted by atomic mass is 35.5. The number of nitrogens with zero attached hydrogens (tertiary/aromatic N) is 1. The van der Waals surface area contributed by atoms with Crippen LogP contribution < -0.4 is 5.32 Å². The zero-order valence-electron chi connectivity index (χ0n) is 12.1. The molecule has 22 heavy (non-hydrogen) atoms. The Labute approximate surface area is 145 Å². The quantitative estimate of drug-likeness (QED) is 0.622. The molecule has 0 unspecified atom stereocenters. The monoisotopic (exact) mass is 356 g/mol. The summed E-state index contributed by atoms with van der Waals surface area (Å²) >= 11 is 13.8. The van der Waals surface area contributed by atoms with Crippen molar-refractivity contribution in [1.82, 2.24) is 5.32 Å². The summed E-state index contributed by atoms with van der Waals surface area (Å²) in [6, 6.07) is 7.44. The van der Waals surface area contributed by atoms with Crippen LogP contribution in [0.25, 0.3) is 0 Å². The van der Waals surface area contributed by atoms with E-state index >= 15 is 0 Å². The van der Waals surface area contributed by atoms with Crippen LogP contribution in [0, 0.1) is 23.2 Å². The summed E-state index contributed by atoms with van der Waals surface area (Å²) in [4.78, 5) is 13.2. The van der Waals surface area contributed by atoms with Gasteiger partial charge in [-0.1, -0.05) is 36.0 Å². The van der Waals surface area contributed by atoms with Gasteiger partial charge >= 0.3 is 0 Å². The molecule has 1 saturated carbocycles. The molecule has 0 aromatic heterocycles. The normalized spacial score (nSPS) is 21.1. The molecule has 6 heteroatoms. The van der Waals surface area contributed by atoms with Crippen LogP contribution in [0.3, 0.4) is 0 Å². The lowest BCUT2D eigenvalue weighted by Crippen LogP contribution is -2.37. The molecule has 1 aromatic rings. The van der Waals surface area contributed by atoms with E-state index < -0.39 is 0 Å². The van der Waals surface area contributed by atoms with Crippen molar-refractivity contribution in [3.63, 3.8) is 0 Å². The molecular formula is C16H18Cl2N2OS. The Morgan fingerprint density at radius 2 is 2.14 bits per heavy atom. The van der Waals surface area contributed by atoms with Gasteiger partial charge in [0.15, 0.2) is 0 Å². The number of nitrogens with one attached hydrogen (secondary N) is 1. The largest absolute Gasteiger partial charge is 0.343 e. The molecule has 2 rings (SSSR count). The minimum absolute atomic E-state index is 0.000626. The Balaban J connectivity index is 1.96. The van der Waals surface area contributed by atoms with E-state index in [0.717, 1.165) is 36.3 Å². The molecule has 1 aliphatic carbocycles. The van der Waals surface area contributed by atoms with Crippen LogP contribution in [-0.4, -0.2) is 18.2 Å². The number of halogens is 2. The van der Waals surface area contributed by atoms with Gasteiger partial charge in [0, 0.05) is 21.6 Å². The Morgan fingerprint density at radius 3 is 2.86 bits per heavy atom. The van der Waals surface area contributed by atoms with E-state index in [4.69, 9.17) is 28.5 Å². The second-order valence-corrected chi connectivity index (χ2v) is 7.32. The molecule has 1 fully saturated rings. The topological polar surface area (TPSA) is 52.9 Å². The van der Waals surface area contributed by atoms with Crippen LogP contribution in [0.4, 0.5) is 0 Å². The minimum Gasteiger partial charge on any atom is -0.343 e. The predicted molar refractivity (Wildman–Crippen MR) is 91.3 cm³/mol. The fourth-order valence-corrected chi connectivity index (χ4v) is 4.52. The Hall–Kier alpha value is -0.890. The average molecular weight is 357 g/mol. The van der Waals surface area contributed by atoms with E-state index in [2.05, 4.69) is 5.32 Å². The highest BCUT2D eigenvalue weighted by Gasteiger charge is 2.30. The Morgan fingerprint density at radius 1 is 1.36 bits per heavy atom. The summed E-state index contributed by atoms with van der Waals surface area (Å²) in [5.74, 6) is 1.19. The number of rotatable bonds is 5. The smallest absolute Gasteiger partial charge is 0.224 e. The predicted octanol–water partition coefficient (Wildman–Crippen LogP) is 4.53. The Bertz CT molecular complexity index is 574. The molecule has 0 aliphatic heterocycles. The molecule has 2 atom stereocenters. The standard InChI is InChI=1S/C16H18Cl2N2OS/c17-12-5-6-15(14(18)9-12)22-10-11-3-1-2-4-13(11)16(21)20-8-7-19/h5-6,9,11,13H,1-4,8,10H2,(H,20,21)/t11-,13+/m0/s1. The SMILES string of the molecule is N#CCNC(=O)[C@@H]1CCCC[C@H]1CSc1ccc(Cl)cc1Cl. The number of carbonyl (C=O) groups excluding carboxylic acids is 1. The first kappa shape index (κ1) is 17.5. The van der Waals surface area contributed by atoms with Crippen LogP contribution >= 0.6 is 35.0 Å². The van der Waals surface area contributed by atoms with Gasteiger partial charge in [-0.3, -0.25) is 4.79 Å². The van der Waals surface area contributed by atoms with Gasteiger partial charge in [-0.15, -0.1) is 11.8 Å². The molecule has 0 saturated heterocycles. The van der Waals surface area contributed by atoms with Crippen LogP contribution in [0.15, 0.2) is 23.1 Å². The maximum atomic E-state index is 12.2. The van der Waals surface area contributed by atoms with Gasteiger partial charge in [-0.05, 0) is 37.0 Å². The lowest BCUT2D eigenvalue weighted by Gasteiger charge is -2.30. The lowest BCUT2D eigenvalue weighted by molar-refractivity contribution is -0.127. The number of nitriles is 1. The molecule has 3 nitrogen and oxygen atoms in total. The first-order valence-corrected chi connectivity index (χ1v) is 9.08. The zero-order valence-corrected chi connectivity index (χ0v) is 14.5. The number of hydrogen-bond donors (Lipinski definition) is 1. The van der Waals surface area contributed by atoms with Crippen LogP contribution in [0.1, 0.15) is 25.7 Å². The summed E-state index contributed by atoms with van der Waals surface area (Å²) in [6.07, 6.45) is 4.18. The molecule has 1 aliphatic rings. The molecule has 0 spiro atoms. The van der Waals surface area contributed by atoms with Crippen LogP contribution in [0.5, 0.6) is 0 Å². The highest BCUT2D eigenvalue weighted by molar-refractivity contribution is 7.99. The summed E-state index contributed by atoms with van der Waals surface area (Å²) in [7, 11) is 0. The molecule has 1 aromatic carbocycles. The van der Waals surface area contributed by atoms with E-state index in [9.17, 15) is 4.79 Å². The molecule has 0 bridgehead atoms. The van der Waals surface area contributed by atoms with Gasteiger partial charge in [0.05, 0.1) is 11.1 Å². The third kappa shape index (κ3) is 4.81. The van der Waals surface area contributed by atoms with E-state index in [1.54, 1.807) is 17.8 Å². The first-order valence-electron chi connectivity index (χ1n) is 7.34. The number of carbonyl (C=O) groups is 1. The van der Waals surface area contributed by atoms with Crippen molar-refractivity contribution in [2.24, 2.45) is 11.8 Å².